The van der Waals surface area contributed by atoms with E-state index >= 15 is 0 Å². The van der Waals surface area contributed by atoms with Crippen molar-refractivity contribution in [2.24, 2.45) is 5.92 Å². The fourth-order valence-corrected chi connectivity index (χ4v) is 2.82. The van der Waals surface area contributed by atoms with Crippen LogP contribution in [0.15, 0.2) is 30.3 Å². The Hall–Kier alpha value is -0.900. The quantitative estimate of drug-likeness (QED) is 0.825. The fraction of sp³-hybridized carbons (Fsp3) is 0.571. The van der Waals surface area contributed by atoms with Gasteiger partial charge < -0.3 is 10.2 Å². The standard InChI is InChI=1S/C14H21NO2/c1-11-7-13(9-16)15(14(11)10-17)8-12-5-3-2-4-6-12/h2-6,11,13-14,16-17H,7-10H2,1H3/t11-,13+,14+/m1/s1. The van der Waals surface area contributed by atoms with Gasteiger partial charge in [-0.2, -0.15) is 0 Å². The molecule has 3 nitrogen and oxygen atoms in total. The van der Waals surface area contributed by atoms with Gasteiger partial charge in [-0.15, -0.1) is 0 Å². The molecule has 1 aliphatic rings. The van der Waals surface area contributed by atoms with E-state index in [0.29, 0.717) is 5.92 Å². The lowest BCUT2D eigenvalue weighted by molar-refractivity contribution is 0.0830. The highest BCUT2D eigenvalue weighted by Gasteiger charge is 2.37. The van der Waals surface area contributed by atoms with E-state index in [4.69, 9.17) is 0 Å². The van der Waals surface area contributed by atoms with Gasteiger partial charge in [0.15, 0.2) is 0 Å². The molecule has 2 N–H and O–H groups in total. The van der Waals surface area contributed by atoms with Crippen LogP contribution in [0.25, 0.3) is 0 Å². The number of rotatable bonds is 4. The minimum absolute atomic E-state index is 0.171. The SMILES string of the molecule is C[C@@H]1C[C@@H](CO)N(Cc2ccccc2)[C@H]1CO. The van der Waals surface area contributed by atoms with Crippen LogP contribution in [0.1, 0.15) is 18.9 Å². The molecular formula is C14H21NO2. The minimum Gasteiger partial charge on any atom is -0.395 e. The van der Waals surface area contributed by atoms with Crippen LogP contribution in [-0.2, 0) is 6.54 Å². The zero-order chi connectivity index (χ0) is 12.3. The van der Waals surface area contributed by atoms with Crippen molar-refractivity contribution in [1.29, 1.82) is 0 Å². The molecule has 2 rings (SSSR count). The van der Waals surface area contributed by atoms with Crippen LogP contribution in [0.3, 0.4) is 0 Å². The Morgan fingerprint density at radius 1 is 1.18 bits per heavy atom. The molecule has 0 spiro atoms. The second-order valence-corrected chi connectivity index (χ2v) is 4.96. The van der Waals surface area contributed by atoms with Gasteiger partial charge in [0.1, 0.15) is 0 Å². The van der Waals surface area contributed by atoms with E-state index in [-0.39, 0.29) is 25.3 Å². The van der Waals surface area contributed by atoms with E-state index in [9.17, 15) is 10.2 Å². The first-order valence-electron chi connectivity index (χ1n) is 6.27. The summed E-state index contributed by atoms with van der Waals surface area (Å²) >= 11 is 0. The van der Waals surface area contributed by atoms with Gasteiger partial charge in [-0.1, -0.05) is 37.3 Å². The summed E-state index contributed by atoms with van der Waals surface area (Å²) in [4.78, 5) is 2.24. The van der Waals surface area contributed by atoms with Crippen molar-refractivity contribution >= 4 is 0 Å². The Balaban J connectivity index is 2.11. The third-order valence-electron chi connectivity index (χ3n) is 3.80. The van der Waals surface area contributed by atoms with Gasteiger partial charge in [-0.3, -0.25) is 4.90 Å². The van der Waals surface area contributed by atoms with Gasteiger partial charge in [0.2, 0.25) is 0 Å². The summed E-state index contributed by atoms with van der Waals surface area (Å²) in [5.41, 5.74) is 1.23. The molecule has 0 aromatic heterocycles. The van der Waals surface area contributed by atoms with Crippen LogP contribution < -0.4 is 0 Å². The van der Waals surface area contributed by atoms with E-state index < -0.39 is 0 Å². The Bertz CT molecular complexity index is 341. The Morgan fingerprint density at radius 2 is 1.88 bits per heavy atom. The lowest BCUT2D eigenvalue weighted by atomic mass is 10.0. The summed E-state index contributed by atoms with van der Waals surface area (Å²) in [6.07, 6.45) is 0.967. The fourth-order valence-electron chi connectivity index (χ4n) is 2.82. The van der Waals surface area contributed by atoms with Crippen LogP contribution in [0.5, 0.6) is 0 Å². The average Bonchev–Trinajstić information content (AvgIpc) is 2.66. The zero-order valence-electron chi connectivity index (χ0n) is 10.3. The minimum atomic E-state index is 0.171. The normalized spacial score (nSPS) is 29.7. The Labute approximate surface area is 103 Å². The first kappa shape index (κ1) is 12.6. The number of benzene rings is 1. The first-order valence-corrected chi connectivity index (χ1v) is 6.27. The third-order valence-corrected chi connectivity index (χ3v) is 3.80. The molecule has 94 valence electrons. The molecule has 0 radical (unpaired) electrons. The van der Waals surface area contributed by atoms with Crippen molar-refractivity contribution in [3.05, 3.63) is 35.9 Å². The van der Waals surface area contributed by atoms with Gasteiger partial charge in [0.05, 0.1) is 13.2 Å². The number of nitrogens with zero attached hydrogens (tertiary/aromatic N) is 1. The summed E-state index contributed by atoms with van der Waals surface area (Å²) in [7, 11) is 0. The molecule has 1 fully saturated rings. The monoisotopic (exact) mass is 235 g/mol. The number of hydrogen-bond donors (Lipinski definition) is 2. The average molecular weight is 235 g/mol. The van der Waals surface area contributed by atoms with Crippen molar-refractivity contribution < 1.29 is 10.2 Å². The van der Waals surface area contributed by atoms with Crippen molar-refractivity contribution in [2.75, 3.05) is 13.2 Å². The van der Waals surface area contributed by atoms with Crippen molar-refractivity contribution in [3.8, 4) is 0 Å². The molecule has 1 aromatic carbocycles. The maximum absolute atomic E-state index is 9.47. The van der Waals surface area contributed by atoms with Gasteiger partial charge in [-0.05, 0) is 17.9 Å². The summed E-state index contributed by atoms with van der Waals surface area (Å²) in [5.74, 6) is 0.445. The lowest BCUT2D eigenvalue weighted by Crippen LogP contribution is -2.40. The number of likely N-dealkylation sites (tertiary alicyclic amines) is 1. The highest BCUT2D eigenvalue weighted by atomic mass is 16.3. The molecule has 1 aliphatic heterocycles. The molecule has 3 atom stereocenters. The maximum Gasteiger partial charge on any atom is 0.0589 e. The van der Waals surface area contributed by atoms with Crippen LogP contribution >= 0.6 is 0 Å². The van der Waals surface area contributed by atoms with Crippen molar-refractivity contribution in [1.82, 2.24) is 4.90 Å². The van der Waals surface area contributed by atoms with E-state index in [1.54, 1.807) is 0 Å². The molecule has 1 heterocycles. The summed E-state index contributed by atoms with van der Waals surface area (Å²) in [5, 5.41) is 18.9. The molecular weight excluding hydrogens is 214 g/mol. The van der Waals surface area contributed by atoms with Crippen LogP contribution in [-0.4, -0.2) is 40.4 Å². The number of aliphatic hydroxyl groups is 2. The van der Waals surface area contributed by atoms with Gasteiger partial charge in [0.25, 0.3) is 0 Å². The topological polar surface area (TPSA) is 43.7 Å². The third kappa shape index (κ3) is 2.68. The molecule has 0 aliphatic carbocycles. The molecule has 3 heteroatoms. The largest absolute Gasteiger partial charge is 0.395 e. The molecule has 1 saturated heterocycles. The molecule has 0 unspecified atom stereocenters. The first-order chi connectivity index (χ1) is 8.26. The maximum atomic E-state index is 9.47. The summed E-state index contributed by atoms with van der Waals surface area (Å²) < 4.78 is 0. The Morgan fingerprint density at radius 3 is 2.47 bits per heavy atom. The predicted molar refractivity (Wildman–Crippen MR) is 67.5 cm³/mol. The summed E-state index contributed by atoms with van der Waals surface area (Å²) in [6, 6.07) is 10.6. The van der Waals surface area contributed by atoms with E-state index in [1.807, 2.05) is 18.2 Å². The molecule has 0 amide bonds. The van der Waals surface area contributed by atoms with Crippen molar-refractivity contribution in [3.63, 3.8) is 0 Å². The summed E-state index contributed by atoms with van der Waals surface area (Å²) in [6.45, 7) is 3.30. The van der Waals surface area contributed by atoms with E-state index in [1.165, 1.54) is 5.56 Å². The zero-order valence-corrected chi connectivity index (χ0v) is 10.3. The van der Waals surface area contributed by atoms with E-state index in [2.05, 4.69) is 24.0 Å². The Kier molecular flexibility index (Phi) is 4.15. The van der Waals surface area contributed by atoms with E-state index in [0.717, 1.165) is 13.0 Å². The molecule has 0 bridgehead atoms. The van der Waals surface area contributed by atoms with Gasteiger partial charge >= 0.3 is 0 Å². The van der Waals surface area contributed by atoms with Gasteiger partial charge in [-0.25, -0.2) is 0 Å². The second-order valence-electron chi connectivity index (χ2n) is 4.96. The van der Waals surface area contributed by atoms with Crippen LogP contribution in [0, 0.1) is 5.92 Å². The predicted octanol–water partition coefficient (Wildman–Crippen LogP) is 1.25. The second kappa shape index (κ2) is 5.63. The highest BCUT2D eigenvalue weighted by Crippen LogP contribution is 2.30. The highest BCUT2D eigenvalue weighted by molar-refractivity contribution is 5.15. The smallest absolute Gasteiger partial charge is 0.0589 e. The number of aliphatic hydroxyl groups excluding tert-OH is 2. The van der Waals surface area contributed by atoms with Gasteiger partial charge in [0, 0.05) is 18.6 Å². The number of hydrogen-bond acceptors (Lipinski definition) is 3. The molecule has 0 saturated carbocycles. The van der Waals surface area contributed by atoms with Crippen molar-refractivity contribution in [2.45, 2.75) is 32.0 Å². The molecule has 17 heavy (non-hydrogen) atoms. The van der Waals surface area contributed by atoms with Crippen LogP contribution in [0.4, 0.5) is 0 Å². The molecule has 1 aromatic rings. The van der Waals surface area contributed by atoms with Crippen LogP contribution in [0.2, 0.25) is 0 Å². The lowest BCUT2D eigenvalue weighted by Gasteiger charge is -2.29.